The summed E-state index contributed by atoms with van der Waals surface area (Å²) in [4.78, 5) is 33.9. The zero-order valence-corrected chi connectivity index (χ0v) is 9.44. The average Bonchev–Trinajstić information content (AvgIpc) is 2.73. The molecule has 1 saturated heterocycles. The molecular formula is C10H17N3O4. The Morgan fingerprint density at radius 3 is 2.76 bits per heavy atom. The number of nitrogens with one attached hydrogen (secondary N) is 2. The van der Waals surface area contributed by atoms with Gasteiger partial charge in [-0.25, -0.2) is 0 Å². The van der Waals surface area contributed by atoms with Crippen LogP contribution in [0.2, 0.25) is 0 Å². The highest BCUT2D eigenvalue weighted by Gasteiger charge is 2.30. The van der Waals surface area contributed by atoms with Gasteiger partial charge in [0.2, 0.25) is 11.8 Å². The topological polar surface area (TPSA) is 122 Å². The van der Waals surface area contributed by atoms with Crippen molar-refractivity contribution in [3.8, 4) is 0 Å². The molecule has 1 heterocycles. The smallest absolute Gasteiger partial charge is 0.234 e. The minimum absolute atomic E-state index is 0.122. The summed E-state index contributed by atoms with van der Waals surface area (Å²) in [5.41, 5.74) is 5.13. The number of hydrogen-bond acceptors (Lipinski definition) is 5. The molecule has 0 unspecified atom stereocenters. The Balaban J connectivity index is 2.59. The molecular weight excluding hydrogens is 226 g/mol. The highest BCUT2D eigenvalue weighted by atomic mass is 16.3. The van der Waals surface area contributed by atoms with Crippen LogP contribution >= 0.6 is 0 Å². The molecule has 7 heteroatoms. The summed E-state index contributed by atoms with van der Waals surface area (Å²) >= 11 is 0. The fraction of sp³-hybridized carbons (Fsp3) is 0.700. The standard InChI is InChI=1S/C10H17N3O4/c11-4-9(16)13-7(8(15)5-14)3-6-1-2-12-10(6)17/h6-7,14H,1-5,11H2,(H,12,17)(H,13,16)/t6-,7-/m0/s1. The zero-order valence-electron chi connectivity index (χ0n) is 9.44. The summed E-state index contributed by atoms with van der Waals surface area (Å²) in [7, 11) is 0. The Morgan fingerprint density at radius 2 is 2.29 bits per heavy atom. The van der Waals surface area contributed by atoms with Crippen LogP contribution in [0.15, 0.2) is 0 Å². The molecule has 17 heavy (non-hydrogen) atoms. The summed E-state index contributed by atoms with van der Waals surface area (Å²) in [6, 6.07) is -0.843. The number of rotatable bonds is 6. The van der Waals surface area contributed by atoms with Gasteiger partial charge in [-0.2, -0.15) is 0 Å². The van der Waals surface area contributed by atoms with Crippen molar-refractivity contribution in [3.63, 3.8) is 0 Å². The molecule has 7 nitrogen and oxygen atoms in total. The van der Waals surface area contributed by atoms with Gasteiger partial charge in [0, 0.05) is 12.5 Å². The second-order valence-electron chi connectivity index (χ2n) is 3.96. The van der Waals surface area contributed by atoms with Gasteiger partial charge in [0.25, 0.3) is 0 Å². The summed E-state index contributed by atoms with van der Waals surface area (Å²) < 4.78 is 0. The van der Waals surface area contributed by atoms with Gasteiger partial charge in [-0.05, 0) is 12.8 Å². The third-order valence-corrected chi connectivity index (χ3v) is 2.75. The molecule has 0 aromatic heterocycles. The van der Waals surface area contributed by atoms with Crippen molar-refractivity contribution in [2.24, 2.45) is 11.7 Å². The fourth-order valence-corrected chi connectivity index (χ4v) is 1.79. The molecule has 0 saturated carbocycles. The van der Waals surface area contributed by atoms with Gasteiger partial charge in [0.1, 0.15) is 6.61 Å². The fourth-order valence-electron chi connectivity index (χ4n) is 1.79. The molecule has 0 aromatic carbocycles. The van der Waals surface area contributed by atoms with Crippen molar-refractivity contribution in [2.45, 2.75) is 18.9 Å². The largest absolute Gasteiger partial charge is 0.389 e. The normalized spacial score (nSPS) is 20.8. The van der Waals surface area contributed by atoms with Crippen molar-refractivity contribution >= 4 is 17.6 Å². The summed E-state index contributed by atoms with van der Waals surface area (Å²) in [5, 5.41) is 13.9. The second kappa shape index (κ2) is 6.31. The molecule has 2 amide bonds. The Bertz CT molecular complexity index is 319. The van der Waals surface area contributed by atoms with Gasteiger partial charge < -0.3 is 21.5 Å². The minimum atomic E-state index is -0.843. The van der Waals surface area contributed by atoms with E-state index in [-0.39, 0.29) is 24.8 Å². The maximum absolute atomic E-state index is 11.4. The molecule has 0 aliphatic carbocycles. The Hall–Kier alpha value is -1.47. The van der Waals surface area contributed by atoms with Gasteiger partial charge in [-0.1, -0.05) is 0 Å². The number of Topliss-reactive ketones (excluding diaryl/α,β-unsaturated/α-hetero) is 1. The van der Waals surface area contributed by atoms with Crippen LogP contribution in [-0.2, 0) is 14.4 Å². The lowest BCUT2D eigenvalue weighted by molar-refractivity contribution is -0.130. The first-order valence-electron chi connectivity index (χ1n) is 5.49. The van der Waals surface area contributed by atoms with Crippen molar-refractivity contribution in [2.75, 3.05) is 19.7 Å². The molecule has 1 aliphatic rings. The highest BCUT2D eigenvalue weighted by Crippen LogP contribution is 2.16. The van der Waals surface area contributed by atoms with Crippen LogP contribution in [-0.4, -0.2) is 48.4 Å². The van der Waals surface area contributed by atoms with Crippen LogP contribution in [0.5, 0.6) is 0 Å². The van der Waals surface area contributed by atoms with Gasteiger partial charge >= 0.3 is 0 Å². The van der Waals surface area contributed by atoms with Crippen molar-refractivity contribution < 1.29 is 19.5 Å². The first-order chi connectivity index (χ1) is 8.08. The third kappa shape index (κ3) is 3.79. The molecule has 1 rings (SSSR count). The van der Waals surface area contributed by atoms with E-state index < -0.39 is 24.3 Å². The molecule has 0 aromatic rings. The average molecular weight is 243 g/mol. The number of ketones is 1. The predicted molar refractivity (Wildman–Crippen MR) is 58.8 cm³/mol. The quantitative estimate of drug-likeness (QED) is 0.411. The van der Waals surface area contributed by atoms with E-state index in [9.17, 15) is 14.4 Å². The maximum Gasteiger partial charge on any atom is 0.234 e. The van der Waals surface area contributed by atoms with Crippen LogP contribution in [0.25, 0.3) is 0 Å². The van der Waals surface area contributed by atoms with E-state index in [2.05, 4.69) is 10.6 Å². The molecule has 96 valence electrons. The number of amides is 2. The molecule has 5 N–H and O–H groups in total. The number of carbonyl (C=O) groups is 3. The number of aliphatic hydroxyl groups is 1. The van der Waals surface area contributed by atoms with E-state index in [0.717, 1.165) is 0 Å². The van der Waals surface area contributed by atoms with E-state index in [1.807, 2.05) is 0 Å². The van der Waals surface area contributed by atoms with Crippen LogP contribution in [0.4, 0.5) is 0 Å². The first-order valence-corrected chi connectivity index (χ1v) is 5.49. The summed E-state index contributed by atoms with van der Waals surface area (Å²) in [6.07, 6.45) is 0.837. The van der Waals surface area contributed by atoms with Crippen LogP contribution in [0.3, 0.4) is 0 Å². The minimum Gasteiger partial charge on any atom is -0.389 e. The van der Waals surface area contributed by atoms with Crippen LogP contribution < -0.4 is 16.4 Å². The molecule has 0 spiro atoms. The van der Waals surface area contributed by atoms with E-state index in [1.54, 1.807) is 0 Å². The molecule has 0 bridgehead atoms. The lowest BCUT2D eigenvalue weighted by Crippen LogP contribution is -2.46. The Labute approximate surface area is 98.7 Å². The second-order valence-corrected chi connectivity index (χ2v) is 3.96. The SMILES string of the molecule is NCC(=O)N[C@@H](C[C@@H]1CCNC1=O)C(=O)CO. The Kier molecular flexibility index (Phi) is 5.05. The number of nitrogens with two attached hydrogens (primary N) is 1. The number of aliphatic hydroxyl groups excluding tert-OH is 1. The predicted octanol–water partition coefficient (Wildman–Crippen LogP) is -2.48. The lowest BCUT2D eigenvalue weighted by atomic mass is 9.96. The third-order valence-electron chi connectivity index (χ3n) is 2.75. The van der Waals surface area contributed by atoms with Gasteiger partial charge in [-0.3, -0.25) is 14.4 Å². The summed E-state index contributed by atoms with van der Waals surface area (Å²) in [6.45, 7) is -0.315. The van der Waals surface area contributed by atoms with Crippen molar-refractivity contribution in [1.29, 1.82) is 0 Å². The van der Waals surface area contributed by atoms with E-state index in [0.29, 0.717) is 13.0 Å². The van der Waals surface area contributed by atoms with Gasteiger partial charge in [0.15, 0.2) is 5.78 Å². The van der Waals surface area contributed by atoms with Gasteiger partial charge in [-0.15, -0.1) is 0 Å². The van der Waals surface area contributed by atoms with Gasteiger partial charge in [0.05, 0.1) is 12.6 Å². The number of hydrogen-bond donors (Lipinski definition) is 4. The molecule has 1 aliphatic heterocycles. The van der Waals surface area contributed by atoms with Crippen molar-refractivity contribution in [1.82, 2.24) is 10.6 Å². The van der Waals surface area contributed by atoms with Crippen molar-refractivity contribution in [3.05, 3.63) is 0 Å². The van der Waals surface area contributed by atoms with Crippen LogP contribution in [0.1, 0.15) is 12.8 Å². The van der Waals surface area contributed by atoms with Crippen LogP contribution in [0, 0.1) is 5.92 Å². The van der Waals surface area contributed by atoms with E-state index in [1.165, 1.54) is 0 Å². The monoisotopic (exact) mass is 243 g/mol. The molecule has 1 fully saturated rings. The highest BCUT2D eigenvalue weighted by molar-refractivity contribution is 5.91. The maximum atomic E-state index is 11.4. The Morgan fingerprint density at radius 1 is 1.59 bits per heavy atom. The number of carbonyl (C=O) groups excluding carboxylic acids is 3. The zero-order chi connectivity index (χ0) is 12.8. The van der Waals surface area contributed by atoms with E-state index >= 15 is 0 Å². The summed E-state index contributed by atoms with van der Waals surface area (Å²) in [5.74, 6) is -1.40. The van der Waals surface area contributed by atoms with E-state index in [4.69, 9.17) is 10.8 Å². The molecule has 0 radical (unpaired) electrons. The first kappa shape index (κ1) is 13.6. The molecule has 2 atom stereocenters. The lowest BCUT2D eigenvalue weighted by Gasteiger charge is -2.18.